The molecule has 0 aliphatic heterocycles. The van der Waals surface area contributed by atoms with Crippen LogP contribution in [0.5, 0.6) is 11.5 Å². The Bertz CT molecular complexity index is 508. The minimum absolute atomic E-state index is 0.0742. The van der Waals surface area contributed by atoms with Crippen molar-refractivity contribution in [3.63, 3.8) is 0 Å². The second kappa shape index (κ2) is 9.89. The third-order valence-corrected chi connectivity index (χ3v) is 3.22. The van der Waals surface area contributed by atoms with Gasteiger partial charge < -0.3 is 20.1 Å². The molecule has 1 aromatic rings. The summed E-state index contributed by atoms with van der Waals surface area (Å²) in [5, 5.41) is 5.30. The lowest BCUT2D eigenvalue weighted by atomic mass is 10.1. The van der Waals surface area contributed by atoms with E-state index in [0.717, 1.165) is 5.56 Å². The van der Waals surface area contributed by atoms with Gasteiger partial charge in [0.2, 0.25) is 11.8 Å². The van der Waals surface area contributed by atoms with Gasteiger partial charge in [0, 0.05) is 19.5 Å². The summed E-state index contributed by atoms with van der Waals surface area (Å²) in [7, 11) is 3.15. The van der Waals surface area contributed by atoms with Crippen LogP contribution in [0.3, 0.4) is 0 Å². The Morgan fingerprint density at radius 1 is 1.05 bits per heavy atom. The molecular formula is C15H21ClN2O4. The lowest BCUT2D eigenvalue weighted by Crippen LogP contribution is -2.35. The second-order valence-corrected chi connectivity index (χ2v) is 4.79. The topological polar surface area (TPSA) is 76.7 Å². The lowest BCUT2D eigenvalue weighted by Gasteiger charge is -2.10. The molecule has 0 bridgehead atoms. The van der Waals surface area contributed by atoms with E-state index in [1.807, 2.05) is 18.2 Å². The molecule has 1 rings (SSSR count). The van der Waals surface area contributed by atoms with Gasteiger partial charge in [-0.25, -0.2) is 0 Å². The highest BCUT2D eigenvalue weighted by atomic mass is 35.5. The maximum absolute atomic E-state index is 11.7. The maximum atomic E-state index is 11.7. The lowest BCUT2D eigenvalue weighted by molar-refractivity contribution is -0.122. The standard InChI is InChI=1S/C15H21ClN2O4/c1-21-12-5-3-11(9-13(12)22-2)4-6-14(19)17-7-8-18-15(20)10-16/h3,5,9H,4,6-8,10H2,1-2H3,(H,17,19)(H,18,20). The van der Waals surface area contributed by atoms with Gasteiger partial charge in [-0.3, -0.25) is 9.59 Å². The van der Waals surface area contributed by atoms with Crippen LogP contribution in [0.4, 0.5) is 0 Å². The Hall–Kier alpha value is -1.95. The summed E-state index contributed by atoms with van der Waals surface area (Å²) in [6.07, 6.45) is 0.958. The molecule has 0 saturated carbocycles. The van der Waals surface area contributed by atoms with Crippen molar-refractivity contribution >= 4 is 23.4 Å². The van der Waals surface area contributed by atoms with Crippen molar-refractivity contribution in [2.45, 2.75) is 12.8 Å². The number of amides is 2. The highest BCUT2D eigenvalue weighted by Gasteiger charge is 2.07. The van der Waals surface area contributed by atoms with Crippen LogP contribution in [0.1, 0.15) is 12.0 Å². The number of nitrogens with one attached hydrogen (secondary N) is 2. The van der Waals surface area contributed by atoms with E-state index >= 15 is 0 Å². The SMILES string of the molecule is COc1ccc(CCC(=O)NCCNC(=O)CCl)cc1OC. The first-order valence-corrected chi connectivity index (χ1v) is 7.44. The van der Waals surface area contributed by atoms with Crippen molar-refractivity contribution in [1.82, 2.24) is 10.6 Å². The van der Waals surface area contributed by atoms with Crippen LogP contribution >= 0.6 is 11.6 Å². The molecule has 0 aliphatic rings. The maximum Gasteiger partial charge on any atom is 0.234 e. The molecule has 0 heterocycles. The van der Waals surface area contributed by atoms with Crippen molar-refractivity contribution < 1.29 is 19.1 Å². The summed E-state index contributed by atoms with van der Waals surface area (Å²) in [4.78, 5) is 22.6. The van der Waals surface area contributed by atoms with Gasteiger partial charge in [0.1, 0.15) is 5.88 Å². The average Bonchev–Trinajstić information content (AvgIpc) is 2.56. The van der Waals surface area contributed by atoms with Crippen LogP contribution in [0, 0.1) is 0 Å². The van der Waals surface area contributed by atoms with Gasteiger partial charge in [0.25, 0.3) is 0 Å². The van der Waals surface area contributed by atoms with E-state index < -0.39 is 0 Å². The van der Waals surface area contributed by atoms with Gasteiger partial charge in [-0.2, -0.15) is 0 Å². The van der Waals surface area contributed by atoms with E-state index in [0.29, 0.717) is 37.4 Å². The number of aryl methyl sites for hydroxylation is 1. The van der Waals surface area contributed by atoms with Crippen LogP contribution in [0.2, 0.25) is 0 Å². The molecular weight excluding hydrogens is 308 g/mol. The van der Waals surface area contributed by atoms with Crippen molar-refractivity contribution in [2.75, 3.05) is 33.2 Å². The number of halogens is 1. The quantitative estimate of drug-likeness (QED) is 0.526. The van der Waals surface area contributed by atoms with E-state index in [1.54, 1.807) is 14.2 Å². The van der Waals surface area contributed by atoms with Crippen LogP contribution < -0.4 is 20.1 Å². The molecule has 0 fully saturated rings. The minimum atomic E-state index is -0.249. The number of benzene rings is 1. The normalized spacial score (nSPS) is 9.95. The molecule has 22 heavy (non-hydrogen) atoms. The Labute approximate surface area is 135 Å². The Morgan fingerprint density at radius 2 is 1.68 bits per heavy atom. The highest BCUT2D eigenvalue weighted by molar-refractivity contribution is 6.27. The molecule has 0 aliphatic carbocycles. The summed E-state index contributed by atoms with van der Waals surface area (Å²) in [5.74, 6) is 0.902. The van der Waals surface area contributed by atoms with Gasteiger partial charge in [0.15, 0.2) is 11.5 Å². The highest BCUT2D eigenvalue weighted by Crippen LogP contribution is 2.27. The van der Waals surface area contributed by atoms with Crippen molar-refractivity contribution in [1.29, 1.82) is 0 Å². The fourth-order valence-electron chi connectivity index (χ4n) is 1.83. The largest absolute Gasteiger partial charge is 0.493 e. The first-order chi connectivity index (χ1) is 10.6. The predicted molar refractivity (Wildman–Crippen MR) is 84.6 cm³/mol. The van der Waals surface area contributed by atoms with E-state index in [2.05, 4.69) is 10.6 Å². The third-order valence-electron chi connectivity index (χ3n) is 2.98. The molecule has 0 atom stereocenters. The predicted octanol–water partition coefficient (Wildman–Crippen LogP) is 1.11. The molecule has 0 aromatic heterocycles. The molecule has 2 amide bonds. The molecule has 6 nitrogen and oxygen atoms in total. The average molecular weight is 329 g/mol. The number of hydrogen-bond acceptors (Lipinski definition) is 4. The number of carbonyl (C=O) groups excluding carboxylic acids is 2. The van der Waals surface area contributed by atoms with Gasteiger partial charge in [0.05, 0.1) is 14.2 Å². The number of methoxy groups -OCH3 is 2. The zero-order valence-corrected chi connectivity index (χ0v) is 13.5. The number of carbonyl (C=O) groups is 2. The Kier molecular flexibility index (Phi) is 8.14. The summed E-state index contributed by atoms with van der Waals surface area (Å²) in [6, 6.07) is 5.57. The van der Waals surface area contributed by atoms with Gasteiger partial charge >= 0.3 is 0 Å². The zero-order valence-electron chi connectivity index (χ0n) is 12.8. The van der Waals surface area contributed by atoms with E-state index in [1.165, 1.54) is 0 Å². The molecule has 1 aromatic carbocycles. The zero-order chi connectivity index (χ0) is 16.4. The van der Waals surface area contributed by atoms with Crippen LogP contribution in [0.25, 0.3) is 0 Å². The number of hydrogen-bond donors (Lipinski definition) is 2. The minimum Gasteiger partial charge on any atom is -0.493 e. The summed E-state index contributed by atoms with van der Waals surface area (Å²) in [6.45, 7) is 0.751. The first kappa shape index (κ1) is 18.1. The fourth-order valence-corrected chi connectivity index (χ4v) is 1.93. The summed E-state index contributed by atoms with van der Waals surface area (Å²) in [5.41, 5.74) is 0.989. The fraction of sp³-hybridized carbons (Fsp3) is 0.467. The van der Waals surface area contributed by atoms with Gasteiger partial charge in [-0.15, -0.1) is 11.6 Å². The van der Waals surface area contributed by atoms with E-state index in [9.17, 15) is 9.59 Å². The first-order valence-electron chi connectivity index (χ1n) is 6.91. The summed E-state index contributed by atoms with van der Waals surface area (Å²) < 4.78 is 10.4. The molecule has 0 spiro atoms. The van der Waals surface area contributed by atoms with E-state index in [-0.39, 0.29) is 17.7 Å². The van der Waals surface area contributed by atoms with Crippen molar-refractivity contribution in [2.24, 2.45) is 0 Å². The van der Waals surface area contributed by atoms with Crippen LogP contribution in [-0.2, 0) is 16.0 Å². The molecule has 7 heteroatoms. The third kappa shape index (κ3) is 6.22. The number of ether oxygens (including phenoxy) is 2. The summed E-state index contributed by atoms with van der Waals surface area (Å²) >= 11 is 5.34. The molecule has 0 unspecified atom stereocenters. The Morgan fingerprint density at radius 3 is 2.27 bits per heavy atom. The molecule has 2 N–H and O–H groups in total. The van der Waals surface area contributed by atoms with Crippen molar-refractivity contribution in [3.8, 4) is 11.5 Å². The second-order valence-electron chi connectivity index (χ2n) is 4.52. The Balaban J connectivity index is 2.33. The van der Waals surface area contributed by atoms with E-state index in [4.69, 9.17) is 21.1 Å². The van der Waals surface area contributed by atoms with Crippen molar-refractivity contribution in [3.05, 3.63) is 23.8 Å². The monoisotopic (exact) mass is 328 g/mol. The number of alkyl halides is 1. The molecule has 0 radical (unpaired) electrons. The van der Waals surface area contributed by atoms with Gasteiger partial charge in [-0.1, -0.05) is 6.07 Å². The van der Waals surface area contributed by atoms with Crippen LogP contribution in [0.15, 0.2) is 18.2 Å². The van der Waals surface area contributed by atoms with Crippen LogP contribution in [-0.4, -0.2) is 45.0 Å². The number of rotatable bonds is 9. The van der Waals surface area contributed by atoms with Gasteiger partial charge in [-0.05, 0) is 24.1 Å². The molecule has 0 saturated heterocycles. The molecule has 122 valence electrons. The smallest absolute Gasteiger partial charge is 0.234 e.